The number of carbonyl (C=O) groups excluding carboxylic acids is 2. The number of hydrogen-bond acceptors (Lipinski definition) is 3. The number of benzene rings is 1. The van der Waals surface area contributed by atoms with E-state index in [1.807, 2.05) is 0 Å². The summed E-state index contributed by atoms with van der Waals surface area (Å²) in [5.41, 5.74) is -1.10. The van der Waals surface area contributed by atoms with Gasteiger partial charge in [0.25, 0.3) is 5.91 Å². The maximum atomic E-state index is 12.4. The fourth-order valence-electron chi connectivity index (χ4n) is 2.28. The first-order valence-corrected chi connectivity index (χ1v) is 7.79. The molecule has 6 heteroatoms. The molecular weight excluding hydrogens is 304 g/mol. The lowest BCUT2D eigenvalue weighted by Crippen LogP contribution is -2.53. The Morgan fingerprint density at radius 2 is 2.18 bits per heavy atom. The molecule has 1 heterocycles. The second kappa shape index (κ2) is 7.01. The molecule has 1 aromatic carbocycles. The average molecular weight is 325 g/mol. The van der Waals surface area contributed by atoms with Gasteiger partial charge in [-0.25, -0.2) is 0 Å². The largest absolute Gasteiger partial charge is 0.478 e. The lowest BCUT2D eigenvalue weighted by atomic mass is 10.1. The van der Waals surface area contributed by atoms with Crippen LogP contribution in [0.15, 0.2) is 24.3 Å². The summed E-state index contributed by atoms with van der Waals surface area (Å²) in [5, 5.41) is 6.11. The molecule has 1 atom stereocenters. The molecule has 1 unspecified atom stereocenters. The molecular formula is C16H21ClN2O3. The maximum Gasteiger partial charge on any atom is 0.264 e. The molecule has 1 aliphatic heterocycles. The summed E-state index contributed by atoms with van der Waals surface area (Å²) in [6.45, 7) is 3.99. The molecule has 0 radical (unpaired) electrons. The van der Waals surface area contributed by atoms with Gasteiger partial charge in [-0.15, -0.1) is 0 Å². The number of halogens is 1. The lowest BCUT2D eigenvalue weighted by molar-refractivity contribution is -0.137. The van der Waals surface area contributed by atoms with Crippen LogP contribution in [0.2, 0.25) is 5.02 Å². The quantitative estimate of drug-likeness (QED) is 0.893. The first-order chi connectivity index (χ1) is 10.4. The Hall–Kier alpha value is -1.75. The van der Waals surface area contributed by atoms with E-state index in [1.165, 1.54) is 0 Å². The molecule has 0 aromatic heterocycles. The van der Waals surface area contributed by atoms with Crippen LogP contribution in [0.5, 0.6) is 5.75 Å². The van der Waals surface area contributed by atoms with Gasteiger partial charge in [-0.3, -0.25) is 9.59 Å². The van der Waals surface area contributed by atoms with Gasteiger partial charge in [-0.05, 0) is 51.3 Å². The van der Waals surface area contributed by atoms with E-state index in [-0.39, 0.29) is 11.8 Å². The highest BCUT2D eigenvalue weighted by atomic mass is 35.5. The zero-order valence-electron chi connectivity index (χ0n) is 12.8. The van der Waals surface area contributed by atoms with Crippen molar-refractivity contribution in [2.45, 2.75) is 44.8 Å². The molecule has 120 valence electrons. The topological polar surface area (TPSA) is 67.4 Å². The van der Waals surface area contributed by atoms with E-state index in [0.717, 1.165) is 12.8 Å². The molecule has 5 nitrogen and oxygen atoms in total. The lowest BCUT2D eigenvalue weighted by Gasteiger charge is -2.27. The Bertz CT molecular complexity index is 560. The van der Waals surface area contributed by atoms with E-state index in [4.69, 9.17) is 16.3 Å². The molecule has 0 saturated carbocycles. The number of carbonyl (C=O) groups is 2. The van der Waals surface area contributed by atoms with Gasteiger partial charge in [-0.1, -0.05) is 17.7 Å². The predicted molar refractivity (Wildman–Crippen MR) is 85.0 cm³/mol. The number of hydrogen-bond donors (Lipinski definition) is 2. The fraction of sp³-hybridized carbons (Fsp3) is 0.500. The molecule has 0 aliphatic carbocycles. The van der Waals surface area contributed by atoms with Crippen molar-refractivity contribution in [2.75, 3.05) is 6.54 Å². The Labute approximate surface area is 135 Å². The first kappa shape index (κ1) is 16.6. The zero-order valence-corrected chi connectivity index (χ0v) is 13.6. The van der Waals surface area contributed by atoms with Crippen molar-refractivity contribution in [3.63, 3.8) is 0 Å². The van der Waals surface area contributed by atoms with Crippen molar-refractivity contribution in [2.24, 2.45) is 0 Å². The van der Waals surface area contributed by atoms with Crippen molar-refractivity contribution in [1.29, 1.82) is 0 Å². The van der Waals surface area contributed by atoms with Crippen LogP contribution < -0.4 is 15.4 Å². The highest BCUT2D eigenvalue weighted by Crippen LogP contribution is 2.22. The molecule has 1 saturated heterocycles. The minimum absolute atomic E-state index is 0.135. The number of nitrogens with one attached hydrogen (secondary N) is 2. The van der Waals surface area contributed by atoms with Gasteiger partial charge in [0.1, 0.15) is 11.8 Å². The van der Waals surface area contributed by atoms with Crippen LogP contribution in [-0.2, 0) is 9.59 Å². The van der Waals surface area contributed by atoms with Crippen LogP contribution in [0.1, 0.15) is 33.1 Å². The summed E-state index contributed by atoms with van der Waals surface area (Å²) >= 11 is 5.91. The van der Waals surface area contributed by atoms with Crippen molar-refractivity contribution in [1.82, 2.24) is 10.6 Å². The minimum atomic E-state index is -1.10. The molecule has 0 spiro atoms. The van der Waals surface area contributed by atoms with Crippen LogP contribution >= 0.6 is 11.6 Å². The number of rotatable bonds is 4. The molecule has 22 heavy (non-hydrogen) atoms. The summed E-state index contributed by atoms with van der Waals surface area (Å²) < 4.78 is 5.72. The van der Waals surface area contributed by atoms with Gasteiger partial charge in [0.2, 0.25) is 5.91 Å². The summed E-state index contributed by atoms with van der Waals surface area (Å²) in [5.74, 6) is 0.0527. The van der Waals surface area contributed by atoms with Gasteiger partial charge >= 0.3 is 0 Å². The van der Waals surface area contributed by atoms with Crippen LogP contribution in [0.25, 0.3) is 0 Å². The monoisotopic (exact) mass is 324 g/mol. The second-order valence-electron chi connectivity index (χ2n) is 5.88. The molecule has 1 aromatic rings. The first-order valence-electron chi connectivity index (χ1n) is 7.42. The number of amides is 2. The van der Waals surface area contributed by atoms with E-state index in [0.29, 0.717) is 23.7 Å². The Morgan fingerprint density at radius 1 is 1.41 bits per heavy atom. The Balaban J connectivity index is 2.01. The SMILES string of the molecule is CC(C)(Oc1cccc(Cl)c1)C(=O)NC1CCCCNC1=O. The highest BCUT2D eigenvalue weighted by molar-refractivity contribution is 6.30. The van der Waals surface area contributed by atoms with E-state index >= 15 is 0 Å². The van der Waals surface area contributed by atoms with Gasteiger partial charge in [0.15, 0.2) is 5.60 Å². The predicted octanol–water partition coefficient (Wildman–Crippen LogP) is 2.28. The minimum Gasteiger partial charge on any atom is -0.478 e. The Kier molecular flexibility index (Phi) is 5.29. The van der Waals surface area contributed by atoms with Crippen molar-refractivity contribution < 1.29 is 14.3 Å². The van der Waals surface area contributed by atoms with Crippen LogP contribution in [0.4, 0.5) is 0 Å². The molecule has 2 amide bonds. The summed E-state index contributed by atoms with van der Waals surface area (Å²) in [4.78, 5) is 24.3. The van der Waals surface area contributed by atoms with Gasteiger partial charge < -0.3 is 15.4 Å². The third kappa shape index (κ3) is 4.37. The van der Waals surface area contributed by atoms with E-state index in [9.17, 15) is 9.59 Å². The van der Waals surface area contributed by atoms with E-state index in [1.54, 1.807) is 38.1 Å². The summed E-state index contributed by atoms with van der Waals surface area (Å²) in [7, 11) is 0. The Morgan fingerprint density at radius 3 is 2.91 bits per heavy atom. The molecule has 2 N–H and O–H groups in total. The van der Waals surface area contributed by atoms with Gasteiger partial charge in [0.05, 0.1) is 0 Å². The zero-order chi connectivity index (χ0) is 16.2. The highest BCUT2D eigenvalue weighted by Gasteiger charge is 2.33. The average Bonchev–Trinajstić information content (AvgIpc) is 2.63. The van der Waals surface area contributed by atoms with Crippen molar-refractivity contribution in [3.05, 3.63) is 29.3 Å². The fourth-order valence-corrected chi connectivity index (χ4v) is 2.46. The number of ether oxygens (including phenoxy) is 1. The van der Waals surface area contributed by atoms with Gasteiger partial charge in [-0.2, -0.15) is 0 Å². The molecule has 2 rings (SSSR count). The standard InChI is InChI=1S/C16H21ClN2O3/c1-16(2,22-12-7-5-6-11(17)10-12)15(21)19-13-8-3-4-9-18-14(13)20/h5-7,10,13H,3-4,8-9H2,1-2H3,(H,18,20)(H,19,21). The maximum absolute atomic E-state index is 12.4. The van der Waals surface area contributed by atoms with E-state index in [2.05, 4.69) is 10.6 Å². The molecule has 0 bridgehead atoms. The van der Waals surface area contributed by atoms with Crippen LogP contribution in [0.3, 0.4) is 0 Å². The van der Waals surface area contributed by atoms with Crippen LogP contribution in [0, 0.1) is 0 Å². The second-order valence-corrected chi connectivity index (χ2v) is 6.32. The third-order valence-corrected chi connectivity index (χ3v) is 3.79. The third-order valence-electron chi connectivity index (χ3n) is 3.56. The van der Waals surface area contributed by atoms with Gasteiger partial charge in [0, 0.05) is 11.6 Å². The summed E-state index contributed by atoms with van der Waals surface area (Å²) in [6.07, 6.45) is 2.48. The van der Waals surface area contributed by atoms with E-state index < -0.39 is 11.6 Å². The molecule has 1 fully saturated rings. The normalized spacial score (nSPS) is 19.0. The van der Waals surface area contributed by atoms with Crippen LogP contribution in [-0.4, -0.2) is 30.0 Å². The summed E-state index contributed by atoms with van der Waals surface area (Å²) in [6, 6.07) is 6.37. The molecule has 1 aliphatic rings. The smallest absolute Gasteiger partial charge is 0.264 e. The van der Waals surface area contributed by atoms with Crippen molar-refractivity contribution in [3.8, 4) is 5.75 Å². The van der Waals surface area contributed by atoms with Crippen molar-refractivity contribution >= 4 is 23.4 Å².